The average molecular weight is 387 g/mol. The first kappa shape index (κ1) is 21.9. The second-order valence-corrected chi connectivity index (χ2v) is 6.75. The fourth-order valence-corrected chi connectivity index (χ4v) is 2.62. The summed E-state index contributed by atoms with van der Waals surface area (Å²) in [5.41, 5.74) is 2.52. The molecule has 0 aromatic heterocycles. The first-order chi connectivity index (χ1) is 13.5. The Labute approximate surface area is 166 Å². The van der Waals surface area contributed by atoms with Crippen molar-refractivity contribution in [2.45, 2.75) is 39.5 Å². The molecule has 28 heavy (non-hydrogen) atoms. The second-order valence-electron chi connectivity index (χ2n) is 6.75. The van der Waals surface area contributed by atoms with Gasteiger partial charge in [-0.05, 0) is 43.5 Å². The number of nitrogens with zero attached hydrogens (tertiary/aromatic N) is 1. The number of aliphatic hydroxyl groups excluding tert-OH is 1. The van der Waals surface area contributed by atoms with Crippen molar-refractivity contribution in [1.82, 2.24) is 10.6 Å². The Bertz CT molecular complexity index is 753. The molecule has 0 aliphatic carbocycles. The molecule has 2 atom stereocenters. The summed E-state index contributed by atoms with van der Waals surface area (Å²) in [6.45, 7) is 7.19. The Kier molecular flexibility index (Phi) is 8.91. The van der Waals surface area contributed by atoms with Crippen molar-refractivity contribution in [3.8, 4) is 0 Å². The van der Waals surface area contributed by atoms with Gasteiger partial charge >= 0.3 is 0 Å². The predicted octanol–water partition coefficient (Wildman–Crippen LogP) is 3.33. The van der Waals surface area contributed by atoms with Crippen LogP contribution in [0.4, 0.5) is 4.39 Å². The fraction of sp³-hybridized carbons (Fsp3) is 0.409. The summed E-state index contributed by atoms with van der Waals surface area (Å²) in [4.78, 5) is 4.42. The highest BCUT2D eigenvalue weighted by atomic mass is 19.1. The van der Waals surface area contributed by atoms with Gasteiger partial charge in [0.25, 0.3) is 0 Å². The summed E-state index contributed by atoms with van der Waals surface area (Å²) in [5, 5.41) is 16.5. The van der Waals surface area contributed by atoms with Crippen LogP contribution in [-0.2, 0) is 11.3 Å². The van der Waals surface area contributed by atoms with E-state index in [4.69, 9.17) is 4.74 Å². The first-order valence-electron chi connectivity index (χ1n) is 9.60. The topological polar surface area (TPSA) is 65.9 Å². The van der Waals surface area contributed by atoms with E-state index in [1.165, 1.54) is 6.07 Å². The van der Waals surface area contributed by atoms with Crippen molar-refractivity contribution in [2.24, 2.45) is 4.99 Å². The van der Waals surface area contributed by atoms with Gasteiger partial charge in [0, 0.05) is 6.54 Å². The van der Waals surface area contributed by atoms with E-state index >= 15 is 0 Å². The molecule has 0 radical (unpaired) electrons. The minimum atomic E-state index is -0.703. The molecule has 152 valence electrons. The van der Waals surface area contributed by atoms with Gasteiger partial charge in [-0.3, -0.25) is 4.99 Å². The van der Waals surface area contributed by atoms with E-state index in [9.17, 15) is 9.50 Å². The number of benzene rings is 2. The van der Waals surface area contributed by atoms with Crippen LogP contribution in [0.25, 0.3) is 0 Å². The summed E-state index contributed by atoms with van der Waals surface area (Å²) in [7, 11) is 0. The largest absolute Gasteiger partial charge is 0.389 e. The summed E-state index contributed by atoms with van der Waals surface area (Å²) >= 11 is 0. The van der Waals surface area contributed by atoms with Gasteiger partial charge in [0.15, 0.2) is 5.96 Å². The third-order valence-corrected chi connectivity index (χ3v) is 4.28. The number of aliphatic hydroxyl groups is 1. The molecule has 0 spiro atoms. The summed E-state index contributed by atoms with van der Waals surface area (Å²) in [5.74, 6) is 0.345. The minimum absolute atomic E-state index is 0.126. The molecule has 0 saturated heterocycles. The molecule has 2 aromatic rings. The molecule has 0 bridgehead atoms. The molecule has 0 aliphatic heterocycles. The van der Waals surface area contributed by atoms with Crippen LogP contribution in [-0.4, -0.2) is 36.9 Å². The Hall–Kier alpha value is -2.44. The second kappa shape index (κ2) is 11.4. The Morgan fingerprint density at radius 3 is 2.64 bits per heavy atom. The van der Waals surface area contributed by atoms with Gasteiger partial charge in [0.1, 0.15) is 5.82 Å². The van der Waals surface area contributed by atoms with Crippen molar-refractivity contribution in [3.05, 3.63) is 71.0 Å². The Balaban J connectivity index is 1.85. The fourth-order valence-electron chi connectivity index (χ4n) is 2.62. The van der Waals surface area contributed by atoms with Gasteiger partial charge < -0.3 is 20.5 Å². The number of aryl methyl sites for hydroxylation is 1. The quantitative estimate of drug-likeness (QED) is 0.456. The number of hydrogen-bond donors (Lipinski definition) is 3. The molecular weight excluding hydrogens is 357 g/mol. The maximum absolute atomic E-state index is 13.8. The summed E-state index contributed by atoms with van der Waals surface area (Å²) < 4.78 is 19.3. The third-order valence-electron chi connectivity index (χ3n) is 4.28. The van der Waals surface area contributed by atoms with Gasteiger partial charge in [-0.25, -0.2) is 4.39 Å². The molecule has 2 rings (SSSR count). The highest BCUT2D eigenvalue weighted by molar-refractivity contribution is 5.80. The molecule has 0 fully saturated rings. The van der Waals surface area contributed by atoms with E-state index < -0.39 is 6.10 Å². The number of halogens is 1. The van der Waals surface area contributed by atoms with Crippen LogP contribution in [0.15, 0.2) is 53.5 Å². The molecule has 0 saturated carbocycles. The van der Waals surface area contributed by atoms with Gasteiger partial charge in [-0.15, -0.1) is 0 Å². The van der Waals surface area contributed by atoms with Crippen LogP contribution in [0.5, 0.6) is 0 Å². The molecule has 5 nitrogen and oxygen atoms in total. The lowest BCUT2D eigenvalue weighted by Crippen LogP contribution is -2.39. The molecule has 0 heterocycles. The molecule has 0 amide bonds. The highest BCUT2D eigenvalue weighted by Gasteiger charge is 2.11. The van der Waals surface area contributed by atoms with Crippen LogP contribution in [0.1, 0.15) is 36.6 Å². The summed E-state index contributed by atoms with van der Waals surface area (Å²) in [6.07, 6.45) is -0.703. The molecule has 3 N–H and O–H groups in total. The van der Waals surface area contributed by atoms with E-state index in [0.717, 1.165) is 11.1 Å². The van der Waals surface area contributed by atoms with Gasteiger partial charge in [0.2, 0.25) is 0 Å². The molecule has 0 aliphatic rings. The van der Waals surface area contributed by atoms with Crippen molar-refractivity contribution in [2.75, 3.05) is 19.7 Å². The van der Waals surface area contributed by atoms with Crippen molar-refractivity contribution in [1.29, 1.82) is 0 Å². The lowest BCUT2D eigenvalue weighted by Gasteiger charge is -2.19. The zero-order chi connectivity index (χ0) is 20.4. The van der Waals surface area contributed by atoms with Crippen molar-refractivity contribution in [3.63, 3.8) is 0 Å². The third kappa shape index (κ3) is 7.29. The maximum Gasteiger partial charge on any atom is 0.191 e. The first-order valence-corrected chi connectivity index (χ1v) is 9.60. The molecule has 2 unspecified atom stereocenters. The normalized spacial score (nSPS) is 13.8. The van der Waals surface area contributed by atoms with E-state index in [1.54, 1.807) is 13.0 Å². The van der Waals surface area contributed by atoms with Crippen LogP contribution in [0.2, 0.25) is 0 Å². The smallest absolute Gasteiger partial charge is 0.191 e. The van der Waals surface area contributed by atoms with E-state index in [1.807, 2.05) is 50.2 Å². The lowest BCUT2D eigenvalue weighted by atomic mass is 10.1. The van der Waals surface area contributed by atoms with E-state index in [-0.39, 0.29) is 25.0 Å². The number of aliphatic imine (C=N–C) groups is 1. The van der Waals surface area contributed by atoms with Gasteiger partial charge in [-0.1, -0.05) is 42.5 Å². The monoisotopic (exact) mass is 387 g/mol. The van der Waals surface area contributed by atoms with Crippen molar-refractivity contribution >= 4 is 5.96 Å². The standard InChI is InChI=1S/C22H30FN3O2/c1-4-24-22(26-17(3)19-11-10-16(2)21(23)12-19)25-13-20(27)15-28-14-18-8-6-5-7-9-18/h5-12,17,20,27H,4,13-15H2,1-3H3,(H2,24,25,26). The number of ether oxygens (including phenoxy) is 1. The lowest BCUT2D eigenvalue weighted by molar-refractivity contribution is 0.0331. The summed E-state index contributed by atoms with van der Waals surface area (Å²) in [6, 6.07) is 14.9. The molecule has 2 aromatic carbocycles. The zero-order valence-electron chi connectivity index (χ0n) is 16.8. The van der Waals surface area contributed by atoms with Crippen LogP contribution in [0, 0.1) is 12.7 Å². The van der Waals surface area contributed by atoms with E-state index in [2.05, 4.69) is 15.6 Å². The maximum atomic E-state index is 13.8. The van der Waals surface area contributed by atoms with Crippen molar-refractivity contribution < 1.29 is 14.2 Å². The van der Waals surface area contributed by atoms with E-state index in [0.29, 0.717) is 24.7 Å². The average Bonchev–Trinajstić information content (AvgIpc) is 2.69. The van der Waals surface area contributed by atoms with Gasteiger partial charge in [-0.2, -0.15) is 0 Å². The SMILES string of the molecule is CCNC(=NCC(O)COCc1ccccc1)NC(C)c1ccc(C)c(F)c1. The molecular formula is C22H30FN3O2. The number of hydrogen-bond acceptors (Lipinski definition) is 3. The Morgan fingerprint density at radius 1 is 1.21 bits per heavy atom. The number of rotatable bonds is 9. The number of guanidine groups is 1. The zero-order valence-corrected chi connectivity index (χ0v) is 16.8. The van der Waals surface area contributed by atoms with Gasteiger partial charge in [0.05, 0.1) is 31.9 Å². The Morgan fingerprint density at radius 2 is 1.96 bits per heavy atom. The number of nitrogens with one attached hydrogen (secondary N) is 2. The van der Waals surface area contributed by atoms with Crippen LogP contribution < -0.4 is 10.6 Å². The molecule has 6 heteroatoms. The predicted molar refractivity (Wildman–Crippen MR) is 111 cm³/mol. The minimum Gasteiger partial charge on any atom is -0.389 e. The highest BCUT2D eigenvalue weighted by Crippen LogP contribution is 2.16. The van der Waals surface area contributed by atoms with Crippen LogP contribution in [0.3, 0.4) is 0 Å². The van der Waals surface area contributed by atoms with Crippen LogP contribution >= 0.6 is 0 Å².